The standard InChI is InChI=1S/C47H86NO10P/c1-3-5-7-9-11-13-15-17-19-21-23-25-27-29-31-33-35-37-39-46(50)58-43(41-56-59(53,54)57-42-44(48)47(51)52)40-55-45(49)38-36-34-32-30-28-26-24-22-20-18-16-14-12-10-8-6-4-2/h18,20,24,26,30,32,43-44H,3-17,19,21-23,25,27-29,31,33-42,48H2,1-2H3,(H,51,52)(H,53,54)/b20-18+,26-24+,32-30+/t43-,44+/m1/s1. The molecule has 0 bridgehead atoms. The van der Waals surface area contributed by atoms with Crippen LogP contribution in [0.3, 0.4) is 0 Å². The van der Waals surface area contributed by atoms with Crippen molar-refractivity contribution in [2.45, 2.75) is 225 Å². The van der Waals surface area contributed by atoms with Crippen molar-refractivity contribution >= 4 is 25.7 Å². The molecule has 12 heteroatoms. The topological polar surface area (TPSA) is 172 Å². The predicted octanol–water partition coefficient (Wildman–Crippen LogP) is 12.8. The molecule has 0 aliphatic carbocycles. The summed E-state index contributed by atoms with van der Waals surface area (Å²) in [5, 5.41) is 8.90. The monoisotopic (exact) mass is 856 g/mol. The molecule has 0 spiro atoms. The highest BCUT2D eigenvalue weighted by Gasteiger charge is 2.28. The molecular weight excluding hydrogens is 769 g/mol. The number of carbonyl (C=O) groups is 3. The van der Waals surface area contributed by atoms with Crippen molar-refractivity contribution in [3.8, 4) is 0 Å². The summed E-state index contributed by atoms with van der Waals surface area (Å²) in [6, 6.07) is -1.53. The van der Waals surface area contributed by atoms with Gasteiger partial charge in [-0.25, -0.2) is 4.57 Å². The summed E-state index contributed by atoms with van der Waals surface area (Å²) in [7, 11) is -4.73. The number of esters is 2. The van der Waals surface area contributed by atoms with Gasteiger partial charge in [0, 0.05) is 12.8 Å². The van der Waals surface area contributed by atoms with Crippen molar-refractivity contribution < 1.29 is 47.5 Å². The van der Waals surface area contributed by atoms with Crippen molar-refractivity contribution in [3.63, 3.8) is 0 Å². The fourth-order valence-electron chi connectivity index (χ4n) is 6.43. The molecule has 0 aromatic rings. The van der Waals surface area contributed by atoms with Crippen LogP contribution in [0.4, 0.5) is 0 Å². The van der Waals surface area contributed by atoms with Gasteiger partial charge in [-0.1, -0.05) is 192 Å². The number of phosphoric ester groups is 1. The van der Waals surface area contributed by atoms with E-state index in [1.165, 1.54) is 128 Å². The highest BCUT2D eigenvalue weighted by Crippen LogP contribution is 2.43. The first-order valence-electron chi connectivity index (χ1n) is 23.5. The molecule has 344 valence electrons. The molecule has 0 amide bonds. The molecule has 0 saturated heterocycles. The third-order valence-corrected chi connectivity index (χ3v) is 11.1. The molecule has 0 fully saturated rings. The summed E-state index contributed by atoms with van der Waals surface area (Å²) in [4.78, 5) is 46.0. The van der Waals surface area contributed by atoms with Gasteiger partial charge in [0.25, 0.3) is 0 Å². The smallest absolute Gasteiger partial charge is 0.472 e. The van der Waals surface area contributed by atoms with Gasteiger partial charge in [0.1, 0.15) is 12.6 Å². The lowest BCUT2D eigenvalue weighted by Gasteiger charge is -2.20. The first-order valence-corrected chi connectivity index (χ1v) is 25.0. The van der Waals surface area contributed by atoms with E-state index in [9.17, 15) is 23.8 Å². The van der Waals surface area contributed by atoms with Gasteiger partial charge in [-0.3, -0.25) is 23.4 Å². The van der Waals surface area contributed by atoms with Crippen LogP contribution in [0.5, 0.6) is 0 Å². The normalized spacial score (nSPS) is 14.0. The minimum absolute atomic E-state index is 0.152. The Balaban J connectivity index is 4.37. The zero-order valence-corrected chi connectivity index (χ0v) is 38.2. The molecule has 3 atom stereocenters. The minimum atomic E-state index is -4.73. The number of unbranched alkanes of at least 4 members (excludes halogenated alkanes) is 24. The summed E-state index contributed by atoms with van der Waals surface area (Å²) >= 11 is 0. The number of ether oxygens (including phenoxy) is 2. The highest BCUT2D eigenvalue weighted by molar-refractivity contribution is 7.47. The molecule has 0 rings (SSSR count). The maximum absolute atomic E-state index is 12.7. The second-order valence-corrected chi connectivity index (χ2v) is 17.3. The number of rotatable bonds is 44. The van der Waals surface area contributed by atoms with Gasteiger partial charge >= 0.3 is 25.7 Å². The Hall–Kier alpha value is -2.30. The number of phosphoric acid groups is 1. The lowest BCUT2D eigenvalue weighted by atomic mass is 10.0. The number of carboxylic acids is 1. The zero-order chi connectivity index (χ0) is 43.5. The molecule has 0 aliphatic rings. The molecule has 4 N–H and O–H groups in total. The average Bonchev–Trinajstić information content (AvgIpc) is 3.21. The predicted molar refractivity (Wildman–Crippen MR) is 240 cm³/mol. The Morgan fingerprint density at radius 3 is 1.39 bits per heavy atom. The lowest BCUT2D eigenvalue weighted by molar-refractivity contribution is -0.161. The van der Waals surface area contributed by atoms with Gasteiger partial charge in [0.15, 0.2) is 6.10 Å². The van der Waals surface area contributed by atoms with Crippen molar-refractivity contribution in [1.29, 1.82) is 0 Å². The fourth-order valence-corrected chi connectivity index (χ4v) is 7.21. The van der Waals surface area contributed by atoms with E-state index in [4.69, 9.17) is 24.8 Å². The van der Waals surface area contributed by atoms with Gasteiger partial charge in [-0.15, -0.1) is 0 Å². The molecule has 0 saturated carbocycles. The number of hydrogen-bond donors (Lipinski definition) is 3. The van der Waals surface area contributed by atoms with Crippen LogP contribution >= 0.6 is 7.82 Å². The number of nitrogens with two attached hydrogens (primary N) is 1. The zero-order valence-electron chi connectivity index (χ0n) is 37.3. The first kappa shape index (κ1) is 56.7. The van der Waals surface area contributed by atoms with E-state index in [0.717, 1.165) is 38.5 Å². The van der Waals surface area contributed by atoms with Gasteiger partial charge < -0.3 is 25.2 Å². The van der Waals surface area contributed by atoms with E-state index in [-0.39, 0.29) is 19.4 Å². The molecule has 0 aromatic carbocycles. The SMILES string of the molecule is CCCCCCCC/C=C/C/C=C/C/C=C/CCCC(=O)OC[C@H](COP(=O)(O)OC[C@H](N)C(=O)O)OC(=O)CCCCCCCCCCCCCCCCCCCC. The van der Waals surface area contributed by atoms with E-state index in [1.807, 2.05) is 6.08 Å². The largest absolute Gasteiger partial charge is 0.480 e. The minimum Gasteiger partial charge on any atom is -0.480 e. The van der Waals surface area contributed by atoms with Crippen LogP contribution in [0.15, 0.2) is 36.5 Å². The quantitative estimate of drug-likeness (QED) is 0.0230. The number of hydrogen-bond acceptors (Lipinski definition) is 9. The van der Waals surface area contributed by atoms with Crippen LogP contribution in [0.1, 0.15) is 213 Å². The van der Waals surface area contributed by atoms with Crippen LogP contribution in [0.2, 0.25) is 0 Å². The Morgan fingerprint density at radius 2 is 0.915 bits per heavy atom. The van der Waals surface area contributed by atoms with Gasteiger partial charge in [0.2, 0.25) is 0 Å². The van der Waals surface area contributed by atoms with E-state index in [0.29, 0.717) is 19.3 Å². The molecule has 0 aliphatic heterocycles. The first-order chi connectivity index (χ1) is 28.6. The lowest BCUT2D eigenvalue weighted by Crippen LogP contribution is -2.34. The Labute approximate surface area is 359 Å². The molecule has 0 radical (unpaired) electrons. The van der Waals surface area contributed by atoms with Gasteiger partial charge in [0.05, 0.1) is 13.2 Å². The van der Waals surface area contributed by atoms with E-state index >= 15 is 0 Å². The maximum atomic E-state index is 12.7. The van der Waals surface area contributed by atoms with E-state index < -0.39 is 51.1 Å². The Morgan fingerprint density at radius 1 is 0.525 bits per heavy atom. The van der Waals surface area contributed by atoms with Crippen molar-refractivity contribution in [2.75, 3.05) is 19.8 Å². The van der Waals surface area contributed by atoms with E-state index in [1.54, 1.807) is 0 Å². The van der Waals surface area contributed by atoms with Gasteiger partial charge in [-0.2, -0.15) is 0 Å². The number of aliphatic carboxylic acids is 1. The van der Waals surface area contributed by atoms with E-state index in [2.05, 4.69) is 48.8 Å². The number of carbonyl (C=O) groups excluding carboxylic acids is 2. The molecule has 1 unspecified atom stereocenters. The van der Waals surface area contributed by atoms with Crippen LogP contribution < -0.4 is 5.73 Å². The molecule has 59 heavy (non-hydrogen) atoms. The second kappa shape index (κ2) is 42.4. The van der Waals surface area contributed by atoms with Crippen LogP contribution in [0, 0.1) is 0 Å². The third-order valence-electron chi connectivity index (χ3n) is 10.1. The van der Waals surface area contributed by atoms with Gasteiger partial charge in [-0.05, 0) is 44.9 Å². The van der Waals surface area contributed by atoms with Crippen LogP contribution in [-0.4, -0.2) is 59.9 Å². The number of carboxylic acid groups (broad SMARTS) is 1. The second-order valence-electron chi connectivity index (χ2n) is 15.9. The summed E-state index contributed by atoms with van der Waals surface area (Å²) in [5.74, 6) is -2.43. The summed E-state index contributed by atoms with van der Waals surface area (Å²) < 4.78 is 32.7. The highest BCUT2D eigenvalue weighted by atomic mass is 31.2. The van der Waals surface area contributed by atoms with Crippen molar-refractivity contribution in [1.82, 2.24) is 0 Å². The summed E-state index contributed by atoms with van der Waals surface area (Å²) in [6.07, 6.45) is 46.4. The van der Waals surface area contributed by atoms with Crippen LogP contribution in [0.25, 0.3) is 0 Å². The van der Waals surface area contributed by atoms with Crippen molar-refractivity contribution in [2.24, 2.45) is 5.73 Å². The maximum Gasteiger partial charge on any atom is 0.472 e. The fraction of sp³-hybridized carbons (Fsp3) is 0.809. The number of allylic oxidation sites excluding steroid dienone is 6. The summed E-state index contributed by atoms with van der Waals surface area (Å²) in [6.45, 7) is 2.77. The summed E-state index contributed by atoms with van der Waals surface area (Å²) in [5.41, 5.74) is 5.34. The average molecular weight is 856 g/mol. The molecule has 0 aromatic heterocycles. The van der Waals surface area contributed by atoms with Crippen LogP contribution in [-0.2, 0) is 37.5 Å². The molecule has 0 heterocycles. The van der Waals surface area contributed by atoms with Crippen molar-refractivity contribution in [3.05, 3.63) is 36.5 Å². The molecular formula is C47H86NO10P. The third kappa shape index (κ3) is 42.2. The molecule has 11 nitrogen and oxygen atoms in total. The Kier molecular flexibility index (Phi) is 40.7. The Bertz CT molecular complexity index is 1140.